The molecule has 25 aromatic rings. The molecule has 19 nitrogen and oxygen atoms in total. The van der Waals surface area contributed by atoms with Gasteiger partial charge < -0.3 is 13.6 Å². The van der Waals surface area contributed by atoms with Gasteiger partial charge >= 0.3 is 0 Å². The predicted molar refractivity (Wildman–Crippen MR) is 538 cm³/mol. The molecule has 11 aromatic heterocycles. The predicted octanol–water partition coefficient (Wildman–Crippen LogP) is 22.0. The van der Waals surface area contributed by atoms with Crippen molar-refractivity contribution in [3.05, 3.63) is 495 Å². The van der Waals surface area contributed by atoms with Crippen LogP contribution >= 0.6 is 0 Å². The summed E-state index contributed by atoms with van der Waals surface area (Å²) in [6, 6.07) is 111. The highest BCUT2D eigenvalue weighted by molar-refractivity contribution is 6.25. The van der Waals surface area contributed by atoms with Gasteiger partial charge in [-0.05, 0) is 202 Å². The van der Waals surface area contributed by atoms with Crippen LogP contribution in [-0.4, -0.2) is 47.3 Å². The van der Waals surface area contributed by atoms with Crippen molar-refractivity contribution in [2.75, 3.05) is 0 Å². The summed E-state index contributed by atoms with van der Waals surface area (Å²) in [6.45, 7) is 4.41. The molecule has 0 aliphatic heterocycles. The van der Waals surface area contributed by atoms with Gasteiger partial charge in [0.25, 0.3) is 44.5 Å². The van der Waals surface area contributed by atoms with Crippen LogP contribution < -0.4 is 44.5 Å². The van der Waals surface area contributed by atoms with Crippen LogP contribution in [0, 0.1) is 0 Å². The molecule has 636 valence electrons. The summed E-state index contributed by atoms with van der Waals surface area (Å²) < 4.78 is 15.4. The number of nitrogens with zero attached hydrogens (tertiary/aromatic N) is 10. The lowest BCUT2D eigenvalue weighted by Crippen LogP contribution is -2.28. The van der Waals surface area contributed by atoms with Crippen LogP contribution in [-0.2, 0) is 5.41 Å². The largest absolute Gasteiger partial charge is 0.456 e. The molecule has 14 aromatic carbocycles. The summed E-state index contributed by atoms with van der Waals surface area (Å²) in [5.74, 6) is 0. The second-order valence-electron chi connectivity index (χ2n) is 33.6. The number of furan rings is 1. The van der Waals surface area contributed by atoms with Crippen LogP contribution in [0.25, 0.3) is 197 Å². The highest BCUT2D eigenvalue weighted by Gasteiger charge is 2.36. The van der Waals surface area contributed by atoms with Crippen molar-refractivity contribution in [3.8, 4) is 45.3 Å². The molecule has 0 saturated carbocycles. The van der Waals surface area contributed by atoms with Gasteiger partial charge in [-0.2, -0.15) is 0 Å². The number of rotatable bonds is 6. The average Bonchev–Trinajstić information content (AvgIpc) is 1.56. The number of benzene rings is 14. The van der Waals surface area contributed by atoms with Gasteiger partial charge in [-0.25, -0.2) is 18.3 Å². The Hall–Kier alpha value is -18.4. The first-order chi connectivity index (χ1) is 65.7. The summed E-state index contributed by atoms with van der Waals surface area (Å²) in [5, 5.41) is 14.9. The number of hydrogen-bond acceptors (Lipinski definition) is 13. The number of para-hydroxylation sites is 9. The lowest BCUT2D eigenvalue weighted by Gasteiger charge is -2.21. The Labute approximate surface area is 758 Å². The van der Waals surface area contributed by atoms with Gasteiger partial charge in [0.15, 0.2) is 0 Å². The Morgan fingerprint density at radius 3 is 1.03 bits per heavy atom. The van der Waals surface area contributed by atoms with Crippen LogP contribution in [0.5, 0.6) is 0 Å². The fourth-order valence-corrected chi connectivity index (χ4v) is 19.7. The minimum absolute atomic E-state index is 0.207. The Balaban J connectivity index is 0.000000101. The van der Waals surface area contributed by atoms with Gasteiger partial charge in [0.05, 0.1) is 82.5 Å². The van der Waals surface area contributed by atoms with Crippen LogP contribution in [0.3, 0.4) is 0 Å². The summed E-state index contributed by atoms with van der Waals surface area (Å²) in [5.41, 5.74) is 10.9. The molecule has 1 aliphatic carbocycles. The molecule has 1 aliphatic rings. The smallest absolute Gasteiger partial charge is 0.266 e. The average molecular weight is 1740 g/mol. The summed E-state index contributed by atoms with van der Waals surface area (Å²) in [6.07, 6.45) is 13.0. The van der Waals surface area contributed by atoms with Crippen LogP contribution in [0.1, 0.15) is 25.0 Å². The zero-order valence-corrected chi connectivity index (χ0v) is 71.8. The molecule has 0 saturated heterocycles. The topological polar surface area (TPSA) is 231 Å². The van der Waals surface area contributed by atoms with E-state index in [4.69, 9.17) is 4.42 Å². The van der Waals surface area contributed by atoms with E-state index < -0.39 is 0 Å². The fourth-order valence-electron chi connectivity index (χ4n) is 19.7. The SMILES string of the molecule is CC1(C)c2ccccc2-c2cc3c(=O)n(-c4ccccc4)c(=O)c4ccncc4c3cc21.O=c1c2ccncc2c2cc3c(cc2c(=O)n1-c1ccccc1)oc1ccccc13.O=c1c2ccncc2c2cc3c4ccccc4n(-c4ccccc4)c3cc2c(=O)n1-c1ccccc1.O=c1c2ccncc2c2ccc3c(c4ccccc4n3-c3ccccc3)c2c(=O)n1-c1ccccc1. The first kappa shape index (κ1) is 80.2. The molecule has 0 unspecified atom stereocenters. The molecule has 0 bridgehead atoms. The first-order valence-electron chi connectivity index (χ1n) is 43.7. The van der Waals surface area contributed by atoms with Crippen molar-refractivity contribution < 1.29 is 4.42 Å². The summed E-state index contributed by atoms with van der Waals surface area (Å²) in [4.78, 5) is 128. The maximum atomic E-state index is 14.4. The fraction of sp³-hybridized carbons (Fsp3) is 0.0261. The molecule has 26 rings (SSSR count). The van der Waals surface area contributed by atoms with Gasteiger partial charge in [0.1, 0.15) is 11.2 Å². The number of hydrogen-bond donors (Lipinski definition) is 0. The highest BCUT2D eigenvalue weighted by Crippen LogP contribution is 2.50. The zero-order valence-electron chi connectivity index (χ0n) is 71.8. The maximum Gasteiger partial charge on any atom is 0.266 e. The van der Waals surface area contributed by atoms with Gasteiger partial charge in [-0.15, -0.1) is 0 Å². The Morgan fingerprint density at radius 1 is 0.201 bits per heavy atom. The van der Waals surface area contributed by atoms with E-state index in [1.54, 1.807) is 141 Å². The van der Waals surface area contributed by atoms with Crippen LogP contribution in [0.4, 0.5) is 0 Å². The van der Waals surface area contributed by atoms with Crippen molar-refractivity contribution in [2.45, 2.75) is 19.3 Å². The van der Waals surface area contributed by atoms with E-state index in [-0.39, 0.29) is 49.9 Å². The normalized spacial score (nSPS) is 12.1. The second kappa shape index (κ2) is 32.1. The standard InChI is InChI=1S/2C31H19N3O2.C28H20N2O2.C25H14N2O3/c35-30-23-15-16-32-19-27(23)24-17-25-22-13-7-8-14-28(22)33(20-9-3-1-4-10-20)29(25)18-26(24)31(36)34(30)21-11-5-2-6-12-21;35-30-23-17-18-32-19-25(23)22-15-16-27-28(29(22)31(36)34(30)21-11-5-2-6-12-21)24-13-7-8-14-26(24)33(27)20-9-3-1-4-10-20;1-28(2)24-11-7-6-10-18(24)21-14-22-20(15-25(21)28)23-16-29-13-12-19(23)26(31)30(27(22)32)17-8-4-3-5-9-17;28-24-17-10-11-26-14-21(17)18-12-19-16-8-4-5-9-22(16)30-23(19)13-20(18)25(29)27(24)15-6-2-1-3-7-15/h2*1-19H;3-16H,1-2H3;1-14H. The lowest BCUT2D eigenvalue weighted by molar-refractivity contribution is 0.661. The molecule has 19 heteroatoms. The van der Waals surface area contributed by atoms with Crippen molar-refractivity contribution in [2.24, 2.45) is 0 Å². The van der Waals surface area contributed by atoms with Crippen LogP contribution in [0.15, 0.2) is 444 Å². The van der Waals surface area contributed by atoms with E-state index in [0.717, 1.165) is 93.4 Å². The molecule has 0 fully saturated rings. The van der Waals surface area contributed by atoms with Crippen molar-refractivity contribution in [1.82, 2.24) is 47.3 Å². The minimum Gasteiger partial charge on any atom is -0.456 e. The van der Waals surface area contributed by atoms with Gasteiger partial charge in [0.2, 0.25) is 0 Å². The monoisotopic (exact) mass is 1740 g/mol. The third-order valence-corrected chi connectivity index (χ3v) is 25.9. The molecule has 0 spiro atoms. The Morgan fingerprint density at radius 2 is 0.552 bits per heavy atom. The van der Waals surface area contributed by atoms with E-state index >= 15 is 0 Å². The molecule has 134 heavy (non-hydrogen) atoms. The molecule has 0 N–H and O–H groups in total. The first-order valence-corrected chi connectivity index (χ1v) is 43.7. The van der Waals surface area contributed by atoms with E-state index in [1.807, 2.05) is 194 Å². The van der Waals surface area contributed by atoms with E-state index in [9.17, 15) is 38.4 Å². The maximum absolute atomic E-state index is 14.4. The van der Waals surface area contributed by atoms with E-state index in [2.05, 4.69) is 110 Å². The molecule has 0 radical (unpaired) electrons. The Bertz CT molecular complexity index is 9740. The molecule has 0 amide bonds. The van der Waals surface area contributed by atoms with E-state index in [1.165, 1.54) is 23.8 Å². The number of aromatic nitrogens is 10. The molecular formula is C115H72N10O9. The van der Waals surface area contributed by atoms with Crippen molar-refractivity contribution in [1.29, 1.82) is 0 Å². The zero-order chi connectivity index (χ0) is 90.7. The van der Waals surface area contributed by atoms with Gasteiger partial charge in [-0.1, -0.05) is 208 Å². The second-order valence-corrected chi connectivity index (χ2v) is 33.6. The highest BCUT2D eigenvalue weighted by atomic mass is 16.3. The number of pyridine rings is 4. The van der Waals surface area contributed by atoms with Crippen LogP contribution in [0.2, 0.25) is 0 Å². The number of fused-ring (bicyclic) bond motifs is 25. The minimum atomic E-state index is -0.389. The van der Waals surface area contributed by atoms with E-state index in [0.29, 0.717) is 109 Å². The third-order valence-electron chi connectivity index (χ3n) is 25.9. The van der Waals surface area contributed by atoms with Gasteiger partial charge in [-0.3, -0.25) is 58.3 Å². The van der Waals surface area contributed by atoms with Gasteiger partial charge in [0, 0.05) is 126 Å². The van der Waals surface area contributed by atoms with Crippen molar-refractivity contribution in [3.63, 3.8) is 0 Å². The summed E-state index contributed by atoms with van der Waals surface area (Å²) >= 11 is 0. The lowest BCUT2D eigenvalue weighted by atomic mass is 9.82. The molecule has 11 heterocycles. The third kappa shape index (κ3) is 12.9. The molecule has 0 atom stereocenters. The quantitative estimate of drug-likeness (QED) is 0.151. The molecular weight excluding hydrogens is 1670 g/mol. The van der Waals surface area contributed by atoms with Crippen molar-refractivity contribution >= 4 is 152 Å². The Kier molecular flexibility index (Phi) is 19.2. The summed E-state index contributed by atoms with van der Waals surface area (Å²) in [7, 11) is 0.